The number of hydrogen-bond donors (Lipinski definition) is 3. The summed E-state index contributed by atoms with van der Waals surface area (Å²) in [4.78, 5) is 31.7. The van der Waals surface area contributed by atoms with Gasteiger partial charge >= 0.3 is 6.03 Å². The van der Waals surface area contributed by atoms with E-state index in [2.05, 4.69) is 20.6 Å². The third kappa shape index (κ3) is 6.46. The Hall–Kier alpha value is -3.08. The molecule has 0 atom stereocenters. The molecule has 0 spiro atoms. The lowest BCUT2D eigenvalue weighted by atomic mass is 9.96. The van der Waals surface area contributed by atoms with Crippen molar-refractivity contribution in [3.63, 3.8) is 0 Å². The normalized spacial score (nSPS) is 14.6. The molecule has 0 saturated heterocycles. The molecule has 0 unspecified atom stereocenters. The zero-order valence-electron chi connectivity index (χ0n) is 17.7. The first-order valence-corrected chi connectivity index (χ1v) is 11.9. The van der Waals surface area contributed by atoms with Crippen molar-refractivity contribution in [2.45, 2.75) is 56.4 Å². The van der Waals surface area contributed by atoms with E-state index >= 15 is 0 Å². The Labute approximate surface area is 186 Å². The Morgan fingerprint density at radius 1 is 1.12 bits per heavy atom. The van der Waals surface area contributed by atoms with Gasteiger partial charge in [-0.25, -0.2) is 27.3 Å². The molecular formula is C21H26FN5O4S. The Morgan fingerprint density at radius 2 is 1.88 bits per heavy atom. The first-order valence-electron chi connectivity index (χ1n) is 10.4. The van der Waals surface area contributed by atoms with Crippen molar-refractivity contribution in [3.8, 4) is 0 Å². The van der Waals surface area contributed by atoms with E-state index in [4.69, 9.17) is 0 Å². The fourth-order valence-corrected chi connectivity index (χ4v) is 4.38. The van der Waals surface area contributed by atoms with Gasteiger partial charge in [0.2, 0.25) is 0 Å². The van der Waals surface area contributed by atoms with Gasteiger partial charge in [0.15, 0.2) is 0 Å². The van der Waals surface area contributed by atoms with E-state index in [1.165, 1.54) is 24.5 Å². The summed E-state index contributed by atoms with van der Waals surface area (Å²) in [5, 5.41) is 5.27. The molecule has 1 fully saturated rings. The minimum Gasteiger partial charge on any atom is -0.350 e. The van der Waals surface area contributed by atoms with Crippen LogP contribution >= 0.6 is 0 Å². The summed E-state index contributed by atoms with van der Waals surface area (Å²) < 4.78 is 41.2. The lowest BCUT2D eigenvalue weighted by Crippen LogP contribution is -2.45. The molecule has 3 amide bonds. The Bertz CT molecular complexity index is 1070. The van der Waals surface area contributed by atoms with Crippen LogP contribution in [0.2, 0.25) is 0 Å². The van der Waals surface area contributed by atoms with Crippen LogP contribution in [0.25, 0.3) is 0 Å². The molecule has 172 valence electrons. The van der Waals surface area contributed by atoms with E-state index in [9.17, 15) is 22.4 Å². The van der Waals surface area contributed by atoms with E-state index in [-0.39, 0.29) is 35.2 Å². The molecule has 1 aliphatic carbocycles. The minimum absolute atomic E-state index is 0.0563. The standard InChI is InChI=1S/C21H26FN5O4S/c1-14-12-25-19(13-24-14)20(28)23-10-9-15-7-8-17(11-18(15)22)32(30,31)27-21(29)26-16-5-3-2-4-6-16/h7-8,11-13,16H,2-6,9-10H2,1H3,(H,23,28)(H2,26,27,29). The highest BCUT2D eigenvalue weighted by molar-refractivity contribution is 7.90. The molecule has 3 N–H and O–H groups in total. The second-order valence-electron chi connectivity index (χ2n) is 7.72. The van der Waals surface area contributed by atoms with Gasteiger partial charge in [-0.1, -0.05) is 25.3 Å². The van der Waals surface area contributed by atoms with Crippen molar-refractivity contribution in [3.05, 3.63) is 53.4 Å². The molecule has 2 aromatic rings. The van der Waals surface area contributed by atoms with Gasteiger partial charge in [0.25, 0.3) is 15.9 Å². The van der Waals surface area contributed by atoms with Gasteiger partial charge in [0.05, 0.1) is 16.8 Å². The van der Waals surface area contributed by atoms with Crippen LogP contribution in [-0.4, -0.2) is 42.9 Å². The molecule has 9 nitrogen and oxygen atoms in total. The number of carbonyl (C=O) groups excluding carboxylic acids is 2. The fraction of sp³-hybridized carbons (Fsp3) is 0.429. The molecule has 0 radical (unpaired) electrons. The SMILES string of the molecule is Cc1cnc(C(=O)NCCc2ccc(S(=O)(=O)NC(=O)NC3CCCCC3)cc2F)cn1. The summed E-state index contributed by atoms with van der Waals surface area (Å²) in [6.07, 6.45) is 7.67. The van der Waals surface area contributed by atoms with Crippen LogP contribution in [-0.2, 0) is 16.4 Å². The van der Waals surface area contributed by atoms with E-state index in [0.29, 0.717) is 5.69 Å². The first kappa shape index (κ1) is 23.6. The molecule has 1 aromatic heterocycles. The number of aromatic nitrogens is 2. The number of nitrogens with one attached hydrogen (secondary N) is 3. The maximum Gasteiger partial charge on any atom is 0.328 e. The van der Waals surface area contributed by atoms with Gasteiger partial charge in [-0.05, 0) is 43.9 Å². The summed E-state index contributed by atoms with van der Waals surface area (Å²) >= 11 is 0. The minimum atomic E-state index is -4.21. The van der Waals surface area contributed by atoms with E-state index in [1.807, 2.05) is 4.72 Å². The molecule has 11 heteroatoms. The smallest absolute Gasteiger partial charge is 0.328 e. The predicted molar refractivity (Wildman–Crippen MR) is 115 cm³/mol. The number of urea groups is 1. The fourth-order valence-electron chi connectivity index (χ4n) is 3.45. The number of aryl methyl sites for hydroxylation is 1. The predicted octanol–water partition coefficient (Wildman–Crippen LogP) is 2.22. The lowest BCUT2D eigenvalue weighted by molar-refractivity contribution is 0.0948. The highest BCUT2D eigenvalue weighted by Gasteiger charge is 2.22. The van der Waals surface area contributed by atoms with Crippen molar-refractivity contribution < 1.29 is 22.4 Å². The van der Waals surface area contributed by atoms with Crippen LogP contribution < -0.4 is 15.4 Å². The Kier molecular flexibility index (Phi) is 7.73. The average Bonchev–Trinajstić information content (AvgIpc) is 2.75. The summed E-state index contributed by atoms with van der Waals surface area (Å²) in [6, 6.07) is 2.53. The Morgan fingerprint density at radius 3 is 2.53 bits per heavy atom. The second kappa shape index (κ2) is 10.5. The van der Waals surface area contributed by atoms with Crippen LogP contribution in [0.15, 0.2) is 35.5 Å². The van der Waals surface area contributed by atoms with Crippen molar-refractivity contribution in [1.82, 2.24) is 25.3 Å². The molecule has 3 rings (SSSR count). The van der Waals surface area contributed by atoms with Crippen LogP contribution in [0, 0.1) is 12.7 Å². The third-order valence-corrected chi connectivity index (χ3v) is 6.52. The van der Waals surface area contributed by atoms with Crippen molar-refractivity contribution in [2.24, 2.45) is 0 Å². The summed E-state index contributed by atoms with van der Waals surface area (Å²) in [6.45, 7) is 1.87. The zero-order chi connectivity index (χ0) is 23.1. The van der Waals surface area contributed by atoms with Gasteiger partial charge in [-0.2, -0.15) is 0 Å². The summed E-state index contributed by atoms with van der Waals surface area (Å²) in [5.41, 5.74) is 1.06. The van der Waals surface area contributed by atoms with Gasteiger partial charge in [0, 0.05) is 18.8 Å². The Balaban J connectivity index is 1.54. The van der Waals surface area contributed by atoms with E-state index in [1.54, 1.807) is 6.92 Å². The number of carbonyl (C=O) groups is 2. The lowest BCUT2D eigenvalue weighted by Gasteiger charge is -2.22. The maximum atomic E-state index is 14.5. The van der Waals surface area contributed by atoms with E-state index < -0.39 is 27.8 Å². The number of sulfonamides is 1. The first-order chi connectivity index (χ1) is 15.2. The van der Waals surface area contributed by atoms with Crippen LogP contribution in [0.5, 0.6) is 0 Å². The second-order valence-corrected chi connectivity index (χ2v) is 9.40. The van der Waals surface area contributed by atoms with Crippen molar-refractivity contribution >= 4 is 22.0 Å². The summed E-state index contributed by atoms with van der Waals surface area (Å²) in [5.74, 6) is -1.18. The molecule has 0 aliphatic heterocycles. The van der Waals surface area contributed by atoms with Gasteiger partial charge < -0.3 is 10.6 Å². The van der Waals surface area contributed by atoms with Crippen molar-refractivity contribution in [2.75, 3.05) is 6.54 Å². The molecule has 0 bridgehead atoms. The van der Waals surface area contributed by atoms with Gasteiger partial charge in [-0.3, -0.25) is 9.78 Å². The molecule has 32 heavy (non-hydrogen) atoms. The molecule has 1 heterocycles. The average molecular weight is 464 g/mol. The number of amides is 3. The zero-order valence-corrected chi connectivity index (χ0v) is 18.5. The number of halogens is 1. The van der Waals surface area contributed by atoms with Crippen LogP contribution in [0.1, 0.15) is 53.8 Å². The van der Waals surface area contributed by atoms with Gasteiger partial charge in [-0.15, -0.1) is 0 Å². The van der Waals surface area contributed by atoms with E-state index in [0.717, 1.165) is 38.2 Å². The summed E-state index contributed by atoms with van der Waals surface area (Å²) in [7, 11) is -4.21. The molecular weight excluding hydrogens is 437 g/mol. The highest BCUT2D eigenvalue weighted by Crippen LogP contribution is 2.18. The largest absolute Gasteiger partial charge is 0.350 e. The third-order valence-electron chi connectivity index (χ3n) is 5.20. The highest BCUT2D eigenvalue weighted by atomic mass is 32.2. The molecule has 1 aliphatic rings. The topological polar surface area (TPSA) is 130 Å². The monoisotopic (exact) mass is 463 g/mol. The number of rotatable bonds is 7. The molecule has 1 aromatic carbocycles. The maximum absolute atomic E-state index is 14.5. The van der Waals surface area contributed by atoms with Crippen LogP contribution in [0.3, 0.4) is 0 Å². The van der Waals surface area contributed by atoms with Crippen molar-refractivity contribution in [1.29, 1.82) is 0 Å². The number of nitrogens with zero attached hydrogens (tertiary/aromatic N) is 2. The van der Waals surface area contributed by atoms with Gasteiger partial charge in [0.1, 0.15) is 11.5 Å². The number of hydrogen-bond acceptors (Lipinski definition) is 6. The van der Waals surface area contributed by atoms with Crippen LogP contribution in [0.4, 0.5) is 9.18 Å². The molecule has 1 saturated carbocycles. The quantitative estimate of drug-likeness (QED) is 0.577. The number of benzene rings is 1.